The number of nitrogens with one attached hydrogen (secondary N) is 1. The molecular formula is C18H26FNO. The second kappa shape index (κ2) is 6.05. The Bertz CT molecular complexity index is 482. The molecule has 0 amide bonds. The lowest BCUT2D eigenvalue weighted by atomic mass is 9.76. The molecule has 3 rings (SSSR count). The van der Waals surface area contributed by atoms with Crippen molar-refractivity contribution in [2.45, 2.75) is 63.7 Å². The maximum Gasteiger partial charge on any atom is 0.129 e. The van der Waals surface area contributed by atoms with Gasteiger partial charge in [-0.15, -0.1) is 0 Å². The van der Waals surface area contributed by atoms with E-state index in [0.29, 0.717) is 5.56 Å². The summed E-state index contributed by atoms with van der Waals surface area (Å²) >= 11 is 0. The Kier molecular flexibility index (Phi) is 4.32. The first-order chi connectivity index (χ1) is 10.1. The van der Waals surface area contributed by atoms with E-state index in [1.165, 1.54) is 25.3 Å². The van der Waals surface area contributed by atoms with Gasteiger partial charge in [-0.25, -0.2) is 4.39 Å². The van der Waals surface area contributed by atoms with Crippen LogP contribution in [0, 0.1) is 11.7 Å². The molecule has 116 valence electrons. The van der Waals surface area contributed by atoms with Crippen molar-refractivity contribution in [1.82, 2.24) is 5.32 Å². The van der Waals surface area contributed by atoms with Crippen LogP contribution >= 0.6 is 0 Å². The Morgan fingerprint density at radius 3 is 2.67 bits per heavy atom. The molecule has 2 nitrogen and oxygen atoms in total. The van der Waals surface area contributed by atoms with Crippen LogP contribution in [0.5, 0.6) is 0 Å². The molecule has 1 aliphatic carbocycles. The predicted molar refractivity (Wildman–Crippen MR) is 82.7 cm³/mol. The van der Waals surface area contributed by atoms with Crippen molar-refractivity contribution in [3.8, 4) is 0 Å². The number of hydrogen-bond acceptors (Lipinski definition) is 2. The molecule has 1 saturated carbocycles. The molecule has 2 fully saturated rings. The van der Waals surface area contributed by atoms with Gasteiger partial charge in [0.2, 0.25) is 0 Å². The molecule has 21 heavy (non-hydrogen) atoms. The zero-order valence-electron chi connectivity index (χ0n) is 13.1. The highest BCUT2D eigenvalue weighted by Gasteiger charge is 2.43. The molecule has 1 aliphatic heterocycles. The fourth-order valence-electron chi connectivity index (χ4n) is 3.81. The fourth-order valence-corrected chi connectivity index (χ4v) is 3.81. The number of morpholine rings is 1. The molecule has 1 spiro atoms. The highest BCUT2D eigenvalue weighted by Crippen LogP contribution is 2.42. The van der Waals surface area contributed by atoms with Gasteiger partial charge in [-0.05, 0) is 44.6 Å². The lowest BCUT2D eigenvalue weighted by molar-refractivity contribution is -0.156. The normalized spacial score (nSPS) is 36.8. The second-order valence-electron chi connectivity index (χ2n) is 6.76. The fraction of sp³-hybridized carbons (Fsp3) is 0.667. The van der Waals surface area contributed by atoms with Crippen molar-refractivity contribution in [3.63, 3.8) is 0 Å². The Morgan fingerprint density at radius 2 is 2.00 bits per heavy atom. The third kappa shape index (κ3) is 3.00. The highest BCUT2D eigenvalue weighted by molar-refractivity contribution is 5.22. The van der Waals surface area contributed by atoms with Gasteiger partial charge in [-0.1, -0.05) is 31.5 Å². The molecule has 0 bridgehead atoms. The first-order valence-electron chi connectivity index (χ1n) is 8.29. The topological polar surface area (TPSA) is 21.3 Å². The minimum absolute atomic E-state index is 0.0921. The van der Waals surface area contributed by atoms with E-state index >= 15 is 0 Å². The molecule has 3 heteroatoms. The lowest BCUT2D eigenvalue weighted by Gasteiger charge is -2.48. The van der Waals surface area contributed by atoms with E-state index in [1.807, 2.05) is 12.1 Å². The summed E-state index contributed by atoms with van der Waals surface area (Å²) < 4.78 is 20.6. The second-order valence-corrected chi connectivity index (χ2v) is 6.76. The monoisotopic (exact) mass is 291 g/mol. The van der Waals surface area contributed by atoms with Gasteiger partial charge in [0.05, 0.1) is 5.60 Å². The average molecular weight is 291 g/mol. The van der Waals surface area contributed by atoms with Gasteiger partial charge in [0, 0.05) is 18.2 Å². The van der Waals surface area contributed by atoms with Crippen molar-refractivity contribution in [1.29, 1.82) is 0 Å². The zero-order chi connectivity index (χ0) is 14.9. The van der Waals surface area contributed by atoms with Gasteiger partial charge in [-0.3, -0.25) is 0 Å². The Morgan fingerprint density at radius 1 is 1.29 bits per heavy atom. The number of hydrogen-bond donors (Lipinski definition) is 1. The quantitative estimate of drug-likeness (QED) is 0.881. The number of benzene rings is 1. The molecule has 1 N–H and O–H groups in total. The summed E-state index contributed by atoms with van der Waals surface area (Å²) in [6.07, 6.45) is 5.73. The first kappa shape index (κ1) is 15.0. The summed E-state index contributed by atoms with van der Waals surface area (Å²) in [7, 11) is 0. The van der Waals surface area contributed by atoms with Crippen LogP contribution in [-0.2, 0) is 4.74 Å². The molecule has 1 aromatic carbocycles. The SMILES string of the molecule is CCC1CCC2(CC1)CNC(C)C(c1ccccc1F)O2. The van der Waals surface area contributed by atoms with E-state index in [2.05, 4.69) is 19.2 Å². The van der Waals surface area contributed by atoms with Crippen LogP contribution < -0.4 is 5.32 Å². The van der Waals surface area contributed by atoms with Gasteiger partial charge in [0.1, 0.15) is 11.9 Å². The van der Waals surface area contributed by atoms with Crippen molar-refractivity contribution < 1.29 is 9.13 Å². The molecule has 2 atom stereocenters. The molecular weight excluding hydrogens is 265 g/mol. The molecule has 1 saturated heterocycles. The van der Waals surface area contributed by atoms with E-state index in [1.54, 1.807) is 6.07 Å². The summed E-state index contributed by atoms with van der Waals surface area (Å²) in [6, 6.07) is 7.16. The molecule has 0 aromatic heterocycles. The van der Waals surface area contributed by atoms with Crippen molar-refractivity contribution in [3.05, 3.63) is 35.6 Å². The Hall–Kier alpha value is -0.930. The summed E-state index contributed by atoms with van der Waals surface area (Å²) in [5.74, 6) is 0.681. The van der Waals surface area contributed by atoms with Gasteiger partial charge in [0.15, 0.2) is 0 Å². The standard InChI is InChI=1S/C18H26FNO/c1-3-14-8-10-18(11-9-14)12-20-13(2)17(21-18)15-6-4-5-7-16(15)19/h4-7,13-14,17,20H,3,8-12H2,1-2H3. The van der Waals surface area contributed by atoms with Gasteiger partial charge >= 0.3 is 0 Å². The van der Waals surface area contributed by atoms with Crippen LogP contribution in [0.25, 0.3) is 0 Å². The largest absolute Gasteiger partial charge is 0.364 e. The zero-order valence-corrected chi connectivity index (χ0v) is 13.1. The molecule has 2 unspecified atom stereocenters. The van der Waals surface area contributed by atoms with E-state index in [4.69, 9.17) is 4.74 Å². The van der Waals surface area contributed by atoms with Crippen molar-refractivity contribution in [2.24, 2.45) is 5.92 Å². The summed E-state index contributed by atoms with van der Waals surface area (Å²) in [6.45, 7) is 5.25. The number of ether oxygens (including phenoxy) is 1. The van der Waals surface area contributed by atoms with Gasteiger partial charge in [-0.2, -0.15) is 0 Å². The molecule has 0 radical (unpaired) electrons. The smallest absolute Gasteiger partial charge is 0.129 e. The Labute approximate surface area is 127 Å². The van der Waals surface area contributed by atoms with E-state index in [0.717, 1.165) is 25.3 Å². The minimum Gasteiger partial charge on any atom is -0.364 e. The summed E-state index contributed by atoms with van der Waals surface area (Å²) in [4.78, 5) is 0. The van der Waals surface area contributed by atoms with Gasteiger partial charge < -0.3 is 10.1 Å². The van der Waals surface area contributed by atoms with Crippen LogP contribution in [0.3, 0.4) is 0 Å². The molecule has 2 aliphatic rings. The molecule has 1 heterocycles. The van der Waals surface area contributed by atoms with Crippen LogP contribution in [0.2, 0.25) is 0 Å². The maximum absolute atomic E-state index is 14.1. The van der Waals surface area contributed by atoms with Crippen molar-refractivity contribution in [2.75, 3.05) is 6.54 Å². The maximum atomic E-state index is 14.1. The number of halogens is 1. The van der Waals surface area contributed by atoms with Crippen LogP contribution in [0.4, 0.5) is 4.39 Å². The Balaban J connectivity index is 1.78. The van der Waals surface area contributed by atoms with E-state index in [9.17, 15) is 4.39 Å². The third-order valence-electron chi connectivity index (χ3n) is 5.38. The summed E-state index contributed by atoms with van der Waals surface area (Å²) in [5, 5.41) is 3.56. The van der Waals surface area contributed by atoms with E-state index < -0.39 is 0 Å². The summed E-state index contributed by atoms with van der Waals surface area (Å²) in [5.41, 5.74) is 0.597. The van der Waals surface area contributed by atoms with Crippen LogP contribution in [0.1, 0.15) is 57.6 Å². The minimum atomic E-state index is -0.182. The van der Waals surface area contributed by atoms with Gasteiger partial charge in [0.25, 0.3) is 0 Å². The highest BCUT2D eigenvalue weighted by atomic mass is 19.1. The third-order valence-corrected chi connectivity index (χ3v) is 5.38. The van der Waals surface area contributed by atoms with Crippen molar-refractivity contribution >= 4 is 0 Å². The van der Waals surface area contributed by atoms with Crippen LogP contribution in [-0.4, -0.2) is 18.2 Å². The average Bonchev–Trinajstić information content (AvgIpc) is 2.52. The first-order valence-corrected chi connectivity index (χ1v) is 8.29. The number of rotatable bonds is 2. The molecule has 1 aromatic rings. The predicted octanol–water partition coefficient (Wildman–Crippen LogP) is 4.21. The van der Waals surface area contributed by atoms with E-state index in [-0.39, 0.29) is 23.6 Å². The van der Waals surface area contributed by atoms with Crippen LogP contribution in [0.15, 0.2) is 24.3 Å². The lowest BCUT2D eigenvalue weighted by Crippen LogP contribution is -2.56.